The number of hydrogen-bond acceptors (Lipinski definition) is 2. The second-order valence-electron chi connectivity index (χ2n) is 4.72. The first-order valence-corrected chi connectivity index (χ1v) is 8.10. The monoisotopic (exact) mass is 313 g/mol. The summed E-state index contributed by atoms with van der Waals surface area (Å²) < 4.78 is 1.21. The zero-order valence-electron chi connectivity index (χ0n) is 10.1. The van der Waals surface area contributed by atoms with Crippen LogP contribution in [-0.4, -0.2) is 11.8 Å². The fourth-order valence-corrected chi connectivity index (χ4v) is 4.43. The summed E-state index contributed by atoms with van der Waals surface area (Å²) in [6.45, 7) is 0.835. The minimum atomic E-state index is 0.689. The van der Waals surface area contributed by atoms with Gasteiger partial charge in [-0.05, 0) is 53.4 Å². The van der Waals surface area contributed by atoms with Gasteiger partial charge in [-0.1, -0.05) is 31.4 Å². The van der Waals surface area contributed by atoms with E-state index in [0.29, 0.717) is 11.2 Å². The fourth-order valence-electron chi connectivity index (χ4n) is 2.48. The summed E-state index contributed by atoms with van der Waals surface area (Å²) in [5.41, 5.74) is 5.93. The van der Waals surface area contributed by atoms with Crippen LogP contribution in [0.4, 0.5) is 0 Å². The van der Waals surface area contributed by atoms with E-state index in [4.69, 9.17) is 5.73 Å². The summed E-state index contributed by atoms with van der Waals surface area (Å²) in [4.78, 5) is 1.36. The molecule has 2 atom stereocenters. The number of halogens is 1. The number of nitrogens with two attached hydrogens (primary N) is 1. The first-order chi connectivity index (χ1) is 8.31. The third kappa shape index (κ3) is 3.73. The summed E-state index contributed by atoms with van der Waals surface area (Å²) in [5.74, 6) is 0.689. The lowest BCUT2D eigenvalue weighted by atomic mass is 10.0. The van der Waals surface area contributed by atoms with Gasteiger partial charge in [0, 0.05) is 14.6 Å². The molecule has 0 aromatic heterocycles. The van der Waals surface area contributed by atoms with Gasteiger partial charge in [0.25, 0.3) is 0 Å². The van der Waals surface area contributed by atoms with Gasteiger partial charge in [-0.2, -0.15) is 0 Å². The molecule has 94 valence electrons. The Morgan fingerprint density at radius 1 is 1.18 bits per heavy atom. The molecule has 2 unspecified atom stereocenters. The third-order valence-corrected chi connectivity index (χ3v) is 5.99. The molecule has 0 amide bonds. The predicted octanol–water partition coefficient (Wildman–Crippen LogP) is 4.45. The largest absolute Gasteiger partial charge is 0.330 e. The van der Waals surface area contributed by atoms with E-state index in [9.17, 15) is 0 Å². The molecule has 1 fully saturated rings. The maximum atomic E-state index is 5.93. The van der Waals surface area contributed by atoms with Crippen molar-refractivity contribution >= 4 is 27.7 Å². The molecule has 1 nitrogen and oxygen atoms in total. The van der Waals surface area contributed by atoms with E-state index in [-0.39, 0.29) is 0 Å². The maximum Gasteiger partial charge on any atom is 0.0311 e. The SMILES string of the molecule is NCC1CCCCCC1Sc1ccccc1Br. The zero-order chi connectivity index (χ0) is 12.1. The summed E-state index contributed by atoms with van der Waals surface area (Å²) in [6, 6.07) is 8.51. The van der Waals surface area contributed by atoms with Crippen LogP contribution in [0.5, 0.6) is 0 Å². The lowest BCUT2D eigenvalue weighted by Gasteiger charge is -2.23. The molecule has 1 aliphatic carbocycles. The average Bonchev–Trinajstić information content (AvgIpc) is 2.57. The van der Waals surface area contributed by atoms with Gasteiger partial charge in [-0.3, -0.25) is 0 Å². The molecule has 0 spiro atoms. The van der Waals surface area contributed by atoms with Gasteiger partial charge in [0.15, 0.2) is 0 Å². The van der Waals surface area contributed by atoms with Crippen molar-refractivity contribution in [1.82, 2.24) is 0 Å². The van der Waals surface area contributed by atoms with Crippen LogP contribution in [0.1, 0.15) is 32.1 Å². The molecule has 0 radical (unpaired) electrons. The van der Waals surface area contributed by atoms with E-state index in [1.807, 2.05) is 11.8 Å². The second-order valence-corrected chi connectivity index (χ2v) is 6.86. The standard InChI is InChI=1S/C14H20BrNS/c15-12-7-4-5-9-14(12)17-13-8-3-1-2-6-11(13)10-16/h4-5,7,9,11,13H,1-3,6,8,10,16H2. The second kappa shape index (κ2) is 6.81. The van der Waals surface area contributed by atoms with Crippen molar-refractivity contribution in [3.05, 3.63) is 28.7 Å². The van der Waals surface area contributed by atoms with Crippen LogP contribution in [0.2, 0.25) is 0 Å². The smallest absolute Gasteiger partial charge is 0.0311 e. The van der Waals surface area contributed by atoms with Crippen LogP contribution in [0.25, 0.3) is 0 Å². The molecule has 17 heavy (non-hydrogen) atoms. The minimum Gasteiger partial charge on any atom is -0.330 e. The highest BCUT2D eigenvalue weighted by molar-refractivity contribution is 9.10. The van der Waals surface area contributed by atoms with Crippen molar-refractivity contribution in [2.45, 2.75) is 42.2 Å². The van der Waals surface area contributed by atoms with Crippen molar-refractivity contribution < 1.29 is 0 Å². The van der Waals surface area contributed by atoms with E-state index >= 15 is 0 Å². The van der Waals surface area contributed by atoms with E-state index < -0.39 is 0 Å². The Labute approximate surface area is 117 Å². The molecule has 2 rings (SSSR count). The van der Waals surface area contributed by atoms with Gasteiger partial charge in [0.05, 0.1) is 0 Å². The molecular weight excluding hydrogens is 294 g/mol. The topological polar surface area (TPSA) is 26.0 Å². The first-order valence-electron chi connectivity index (χ1n) is 6.42. The average molecular weight is 314 g/mol. The Morgan fingerprint density at radius 2 is 1.94 bits per heavy atom. The summed E-state index contributed by atoms with van der Waals surface area (Å²) >= 11 is 5.64. The minimum absolute atomic E-state index is 0.689. The van der Waals surface area contributed by atoms with Crippen molar-refractivity contribution in [1.29, 1.82) is 0 Å². The van der Waals surface area contributed by atoms with Crippen LogP contribution in [0.15, 0.2) is 33.6 Å². The zero-order valence-corrected chi connectivity index (χ0v) is 12.5. The number of rotatable bonds is 3. The predicted molar refractivity (Wildman–Crippen MR) is 79.4 cm³/mol. The maximum absolute atomic E-state index is 5.93. The third-order valence-electron chi connectivity index (χ3n) is 3.51. The Morgan fingerprint density at radius 3 is 2.71 bits per heavy atom. The highest BCUT2D eigenvalue weighted by Crippen LogP contribution is 2.38. The van der Waals surface area contributed by atoms with Gasteiger partial charge in [0.1, 0.15) is 0 Å². The fraction of sp³-hybridized carbons (Fsp3) is 0.571. The van der Waals surface area contributed by atoms with Crippen LogP contribution < -0.4 is 5.73 Å². The van der Waals surface area contributed by atoms with Gasteiger partial charge in [0.2, 0.25) is 0 Å². The number of benzene rings is 1. The van der Waals surface area contributed by atoms with E-state index in [1.54, 1.807) is 0 Å². The van der Waals surface area contributed by atoms with E-state index in [2.05, 4.69) is 40.2 Å². The van der Waals surface area contributed by atoms with E-state index in [1.165, 1.54) is 41.5 Å². The lowest BCUT2D eigenvalue weighted by molar-refractivity contribution is 0.483. The lowest BCUT2D eigenvalue weighted by Crippen LogP contribution is -2.24. The van der Waals surface area contributed by atoms with Crippen LogP contribution in [0, 0.1) is 5.92 Å². The number of thioether (sulfide) groups is 1. The molecule has 1 saturated carbocycles. The molecule has 2 N–H and O–H groups in total. The Balaban J connectivity index is 2.07. The molecule has 1 aromatic carbocycles. The van der Waals surface area contributed by atoms with Crippen LogP contribution in [-0.2, 0) is 0 Å². The van der Waals surface area contributed by atoms with Crippen LogP contribution >= 0.6 is 27.7 Å². The van der Waals surface area contributed by atoms with Crippen molar-refractivity contribution in [3.63, 3.8) is 0 Å². The van der Waals surface area contributed by atoms with Crippen LogP contribution in [0.3, 0.4) is 0 Å². The molecule has 1 aromatic rings. The molecule has 1 aliphatic rings. The molecule has 0 heterocycles. The van der Waals surface area contributed by atoms with Gasteiger partial charge >= 0.3 is 0 Å². The first kappa shape index (κ1) is 13.4. The number of hydrogen-bond donors (Lipinski definition) is 1. The highest BCUT2D eigenvalue weighted by Gasteiger charge is 2.23. The Hall–Kier alpha value is 0.01000. The normalized spacial score (nSPS) is 25.5. The summed E-state index contributed by atoms with van der Waals surface area (Å²) in [6.07, 6.45) is 6.71. The van der Waals surface area contributed by atoms with Crippen molar-refractivity contribution in [2.75, 3.05) is 6.54 Å². The van der Waals surface area contributed by atoms with Crippen molar-refractivity contribution in [2.24, 2.45) is 11.7 Å². The quantitative estimate of drug-likeness (QED) is 0.834. The molecule has 3 heteroatoms. The van der Waals surface area contributed by atoms with Crippen molar-refractivity contribution in [3.8, 4) is 0 Å². The molecule has 0 aliphatic heterocycles. The Bertz CT molecular complexity index is 356. The van der Waals surface area contributed by atoms with Gasteiger partial charge in [-0.15, -0.1) is 11.8 Å². The van der Waals surface area contributed by atoms with E-state index in [0.717, 1.165) is 6.54 Å². The molecular formula is C14H20BrNS. The van der Waals surface area contributed by atoms with Gasteiger partial charge < -0.3 is 5.73 Å². The Kier molecular flexibility index (Phi) is 5.39. The summed E-state index contributed by atoms with van der Waals surface area (Å²) in [5, 5.41) is 0.696. The molecule has 0 bridgehead atoms. The summed E-state index contributed by atoms with van der Waals surface area (Å²) in [7, 11) is 0. The highest BCUT2D eigenvalue weighted by atomic mass is 79.9. The molecule has 0 saturated heterocycles. The van der Waals surface area contributed by atoms with Gasteiger partial charge in [-0.25, -0.2) is 0 Å².